The Balaban J connectivity index is 2.73. The van der Waals surface area contributed by atoms with Gasteiger partial charge in [0.1, 0.15) is 0 Å². The van der Waals surface area contributed by atoms with Crippen LogP contribution in [-0.2, 0) is 9.53 Å². The van der Waals surface area contributed by atoms with Gasteiger partial charge >= 0.3 is 5.97 Å². The Bertz CT molecular complexity index is 445. The largest absolute Gasteiger partial charge is 0.493 e. The predicted molar refractivity (Wildman–Crippen MR) is 77.2 cm³/mol. The highest BCUT2D eigenvalue weighted by Gasteiger charge is 2.12. The monoisotopic (exact) mass is 281 g/mol. The standard InChI is InChI=1S/C15H23NO4/c1-10(2)20-15(17)9-19-13-7-6-12(11(3)16-4)8-14(13)18-5/h6-8,10-11,16H,9H2,1-5H3. The van der Waals surface area contributed by atoms with Crippen molar-refractivity contribution in [2.75, 3.05) is 20.8 Å². The van der Waals surface area contributed by atoms with E-state index in [1.807, 2.05) is 19.2 Å². The molecule has 112 valence electrons. The van der Waals surface area contributed by atoms with Gasteiger partial charge in [0, 0.05) is 6.04 Å². The molecule has 0 aromatic heterocycles. The molecule has 0 aliphatic heterocycles. The SMILES string of the molecule is CNC(C)c1ccc(OCC(=O)OC(C)C)c(OC)c1. The topological polar surface area (TPSA) is 56.8 Å². The number of benzene rings is 1. The fraction of sp³-hybridized carbons (Fsp3) is 0.533. The average Bonchev–Trinajstić information content (AvgIpc) is 2.43. The van der Waals surface area contributed by atoms with Crippen molar-refractivity contribution in [1.82, 2.24) is 5.32 Å². The van der Waals surface area contributed by atoms with Gasteiger partial charge in [-0.05, 0) is 45.5 Å². The molecule has 0 spiro atoms. The third-order valence-electron chi connectivity index (χ3n) is 2.83. The van der Waals surface area contributed by atoms with Crippen LogP contribution in [0.1, 0.15) is 32.4 Å². The maximum Gasteiger partial charge on any atom is 0.344 e. The van der Waals surface area contributed by atoms with Crippen LogP contribution in [0.2, 0.25) is 0 Å². The minimum Gasteiger partial charge on any atom is -0.493 e. The van der Waals surface area contributed by atoms with Crippen molar-refractivity contribution in [3.63, 3.8) is 0 Å². The molecule has 1 rings (SSSR count). The van der Waals surface area contributed by atoms with Crippen LogP contribution in [0, 0.1) is 0 Å². The second kappa shape index (κ2) is 7.75. The first kappa shape index (κ1) is 16.3. The number of hydrogen-bond acceptors (Lipinski definition) is 5. The molecule has 1 aromatic carbocycles. The fourth-order valence-corrected chi connectivity index (χ4v) is 1.67. The van der Waals surface area contributed by atoms with E-state index in [1.165, 1.54) is 0 Å². The number of nitrogens with one attached hydrogen (secondary N) is 1. The van der Waals surface area contributed by atoms with Gasteiger partial charge in [-0.15, -0.1) is 0 Å². The Kier molecular flexibility index (Phi) is 6.31. The summed E-state index contributed by atoms with van der Waals surface area (Å²) >= 11 is 0. The summed E-state index contributed by atoms with van der Waals surface area (Å²) in [5, 5.41) is 3.15. The third-order valence-corrected chi connectivity index (χ3v) is 2.83. The van der Waals surface area contributed by atoms with Crippen LogP contribution in [0.5, 0.6) is 11.5 Å². The van der Waals surface area contributed by atoms with Crippen molar-refractivity contribution in [2.24, 2.45) is 0 Å². The van der Waals surface area contributed by atoms with Crippen LogP contribution in [0.4, 0.5) is 0 Å². The molecule has 1 N–H and O–H groups in total. The lowest BCUT2D eigenvalue weighted by Crippen LogP contribution is -2.19. The van der Waals surface area contributed by atoms with Gasteiger partial charge in [0.15, 0.2) is 18.1 Å². The zero-order valence-corrected chi connectivity index (χ0v) is 12.7. The Labute approximate surface area is 120 Å². The van der Waals surface area contributed by atoms with Crippen LogP contribution >= 0.6 is 0 Å². The summed E-state index contributed by atoms with van der Waals surface area (Å²) in [5.74, 6) is 0.733. The quantitative estimate of drug-likeness (QED) is 0.777. The number of methoxy groups -OCH3 is 1. The number of rotatable bonds is 7. The molecule has 0 radical (unpaired) electrons. The lowest BCUT2D eigenvalue weighted by molar-refractivity contribution is -0.149. The van der Waals surface area contributed by atoms with Gasteiger partial charge in [-0.25, -0.2) is 4.79 Å². The third kappa shape index (κ3) is 4.74. The van der Waals surface area contributed by atoms with E-state index in [-0.39, 0.29) is 18.8 Å². The van der Waals surface area contributed by atoms with E-state index in [2.05, 4.69) is 12.2 Å². The van der Waals surface area contributed by atoms with Gasteiger partial charge in [0.05, 0.1) is 13.2 Å². The zero-order chi connectivity index (χ0) is 15.1. The summed E-state index contributed by atoms with van der Waals surface area (Å²) in [5.41, 5.74) is 1.08. The summed E-state index contributed by atoms with van der Waals surface area (Å²) in [6.07, 6.45) is -0.146. The van der Waals surface area contributed by atoms with E-state index < -0.39 is 5.97 Å². The van der Waals surface area contributed by atoms with Crippen LogP contribution in [0.25, 0.3) is 0 Å². The number of ether oxygens (including phenoxy) is 3. The van der Waals surface area contributed by atoms with Gasteiger partial charge in [0.25, 0.3) is 0 Å². The maximum absolute atomic E-state index is 11.4. The van der Waals surface area contributed by atoms with Crippen molar-refractivity contribution in [2.45, 2.75) is 32.9 Å². The van der Waals surface area contributed by atoms with Gasteiger partial charge < -0.3 is 19.5 Å². The van der Waals surface area contributed by atoms with E-state index in [0.29, 0.717) is 11.5 Å². The second-order valence-corrected chi connectivity index (χ2v) is 4.75. The van der Waals surface area contributed by atoms with E-state index in [1.54, 1.807) is 27.0 Å². The Morgan fingerprint density at radius 1 is 1.25 bits per heavy atom. The summed E-state index contributed by atoms with van der Waals surface area (Å²) in [7, 11) is 3.46. The number of carbonyl (C=O) groups is 1. The molecule has 1 aromatic rings. The molecule has 0 amide bonds. The molecule has 0 fully saturated rings. The van der Waals surface area contributed by atoms with Crippen LogP contribution in [0.3, 0.4) is 0 Å². The summed E-state index contributed by atoms with van der Waals surface area (Å²) in [4.78, 5) is 11.4. The molecule has 5 nitrogen and oxygen atoms in total. The molecule has 0 saturated carbocycles. The normalized spacial score (nSPS) is 12.1. The number of carbonyl (C=O) groups excluding carboxylic acids is 1. The molecule has 0 aliphatic carbocycles. The van der Waals surface area contributed by atoms with Gasteiger partial charge in [0.2, 0.25) is 0 Å². The van der Waals surface area contributed by atoms with Crippen LogP contribution in [-0.4, -0.2) is 32.8 Å². The first-order valence-electron chi connectivity index (χ1n) is 6.65. The minimum atomic E-state index is -0.394. The van der Waals surface area contributed by atoms with Crippen molar-refractivity contribution < 1.29 is 19.0 Å². The first-order chi connectivity index (χ1) is 9.47. The Morgan fingerprint density at radius 3 is 2.50 bits per heavy atom. The summed E-state index contributed by atoms with van der Waals surface area (Å²) in [6, 6.07) is 5.84. The first-order valence-corrected chi connectivity index (χ1v) is 6.65. The fourth-order valence-electron chi connectivity index (χ4n) is 1.67. The highest BCUT2D eigenvalue weighted by molar-refractivity contribution is 5.71. The van der Waals surface area contributed by atoms with Crippen molar-refractivity contribution in [3.8, 4) is 11.5 Å². The molecule has 0 saturated heterocycles. The predicted octanol–water partition coefficient (Wildman–Crippen LogP) is 2.31. The minimum absolute atomic E-state index is 0.129. The summed E-state index contributed by atoms with van der Waals surface area (Å²) < 4.78 is 15.7. The molecule has 0 heterocycles. The molecule has 20 heavy (non-hydrogen) atoms. The molecule has 1 atom stereocenters. The summed E-state index contributed by atoms with van der Waals surface area (Å²) in [6.45, 7) is 5.52. The number of hydrogen-bond donors (Lipinski definition) is 1. The molecular formula is C15H23NO4. The molecule has 5 heteroatoms. The van der Waals surface area contributed by atoms with Crippen LogP contribution < -0.4 is 14.8 Å². The lowest BCUT2D eigenvalue weighted by atomic mass is 10.1. The Hall–Kier alpha value is -1.75. The van der Waals surface area contributed by atoms with E-state index in [0.717, 1.165) is 5.56 Å². The van der Waals surface area contributed by atoms with E-state index in [4.69, 9.17) is 14.2 Å². The molecule has 1 unspecified atom stereocenters. The van der Waals surface area contributed by atoms with Crippen molar-refractivity contribution in [3.05, 3.63) is 23.8 Å². The Morgan fingerprint density at radius 2 is 1.95 bits per heavy atom. The second-order valence-electron chi connectivity index (χ2n) is 4.75. The van der Waals surface area contributed by atoms with Gasteiger partial charge in [-0.2, -0.15) is 0 Å². The molecular weight excluding hydrogens is 258 g/mol. The van der Waals surface area contributed by atoms with Crippen molar-refractivity contribution in [1.29, 1.82) is 0 Å². The smallest absolute Gasteiger partial charge is 0.344 e. The van der Waals surface area contributed by atoms with Crippen LogP contribution in [0.15, 0.2) is 18.2 Å². The van der Waals surface area contributed by atoms with E-state index >= 15 is 0 Å². The lowest BCUT2D eigenvalue weighted by Gasteiger charge is -2.15. The van der Waals surface area contributed by atoms with E-state index in [9.17, 15) is 4.79 Å². The maximum atomic E-state index is 11.4. The average molecular weight is 281 g/mol. The highest BCUT2D eigenvalue weighted by atomic mass is 16.6. The van der Waals surface area contributed by atoms with Gasteiger partial charge in [-0.1, -0.05) is 6.07 Å². The molecule has 0 aliphatic rings. The highest BCUT2D eigenvalue weighted by Crippen LogP contribution is 2.30. The van der Waals surface area contributed by atoms with Gasteiger partial charge in [-0.3, -0.25) is 0 Å². The zero-order valence-electron chi connectivity index (χ0n) is 12.7. The number of esters is 1. The molecule has 0 bridgehead atoms. The van der Waals surface area contributed by atoms with Crippen molar-refractivity contribution >= 4 is 5.97 Å².